The van der Waals surface area contributed by atoms with Crippen molar-refractivity contribution >= 4 is 39.2 Å². The Morgan fingerprint density at radius 1 is 0.949 bits per heavy atom. The van der Waals surface area contributed by atoms with Crippen LogP contribution >= 0.6 is 11.6 Å². The Bertz CT molecular complexity index is 1560. The van der Waals surface area contributed by atoms with Gasteiger partial charge in [0.05, 0.1) is 10.5 Å². The SMILES string of the molecule is CCN(CC)CCCC(C)Nc1nc(-c2cn(Cc3ccccc3)c3c(Cl)cccc23)nc2c(F)cccc12. The average Bonchev–Trinajstić information content (AvgIpc) is 3.31. The molecule has 39 heavy (non-hydrogen) atoms. The molecule has 1 unspecified atom stereocenters. The van der Waals surface area contributed by atoms with E-state index in [-0.39, 0.29) is 11.9 Å². The van der Waals surface area contributed by atoms with Gasteiger partial charge in [-0.3, -0.25) is 0 Å². The molecule has 0 spiro atoms. The third-order valence-corrected chi connectivity index (χ3v) is 7.66. The predicted molar refractivity (Wildman–Crippen MR) is 161 cm³/mol. The fourth-order valence-corrected chi connectivity index (χ4v) is 5.49. The smallest absolute Gasteiger partial charge is 0.164 e. The summed E-state index contributed by atoms with van der Waals surface area (Å²) in [5.74, 6) is 0.764. The van der Waals surface area contributed by atoms with E-state index in [9.17, 15) is 0 Å². The molecule has 0 saturated carbocycles. The molecule has 0 aliphatic carbocycles. The van der Waals surface area contributed by atoms with Crippen molar-refractivity contribution in [3.8, 4) is 11.4 Å². The van der Waals surface area contributed by atoms with Crippen molar-refractivity contribution in [2.45, 2.75) is 46.2 Å². The summed E-state index contributed by atoms with van der Waals surface area (Å²) < 4.78 is 17.2. The highest BCUT2D eigenvalue weighted by Crippen LogP contribution is 2.35. The lowest BCUT2D eigenvalue weighted by Crippen LogP contribution is -2.25. The van der Waals surface area contributed by atoms with Crippen LogP contribution in [0.25, 0.3) is 33.2 Å². The van der Waals surface area contributed by atoms with Crippen LogP contribution in [0.5, 0.6) is 0 Å². The highest BCUT2D eigenvalue weighted by atomic mass is 35.5. The lowest BCUT2D eigenvalue weighted by Gasteiger charge is -2.20. The Labute approximate surface area is 234 Å². The van der Waals surface area contributed by atoms with Gasteiger partial charge in [0.2, 0.25) is 0 Å². The highest BCUT2D eigenvalue weighted by molar-refractivity contribution is 6.35. The van der Waals surface area contributed by atoms with Gasteiger partial charge in [-0.15, -0.1) is 0 Å². The maximum atomic E-state index is 15.1. The minimum Gasteiger partial charge on any atom is -0.367 e. The molecule has 202 valence electrons. The van der Waals surface area contributed by atoms with Crippen LogP contribution < -0.4 is 5.32 Å². The molecule has 3 aromatic carbocycles. The Kier molecular flexibility index (Phi) is 8.44. The number of anilines is 1. The van der Waals surface area contributed by atoms with Crippen molar-refractivity contribution in [1.29, 1.82) is 0 Å². The van der Waals surface area contributed by atoms with Gasteiger partial charge in [0.25, 0.3) is 0 Å². The molecule has 5 rings (SSSR count). The zero-order chi connectivity index (χ0) is 27.4. The van der Waals surface area contributed by atoms with Crippen molar-refractivity contribution in [3.05, 3.63) is 89.3 Å². The van der Waals surface area contributed by atoms with Gasteiger partial charge < -0.3 is 14.8 Å². The standard InChI is InChI=1S/C32H35ClFN5/c1-4-38(5-2)19-11-12-22(3)35-31-25-16-10-18-28(34)29(25)36-32(37-31)26-21-39(20-23-13-7-6-8-14-23)30-24(26)15-9-17-27(30)33/h6-10,13-18,21-22H,4-5,11-12,19-20H2,1-3H3,(H,35,36,37). The molecular weight excluding hydrogens is 509 g/mol. The minimum atomic E-state index is -0.362. The van der Waals surface area contributed by atoms with Crippen LogP contribution in [-0.4, -0.2) is 45.1 Å². The number of fused-ring (bicyclic) bond motifs is 2. The van der Waals surface area contributed by atoms with Crippen LogP contribution in [-0.2, 0) is 6.54 Å². The van der Waals surface area contributed by atoms with Gasteiger partial charge in [0.15, 0.2) is 5.82 Å². The van der Waals surface area contributed by atoms with E-state index in [2.05, 4.69) is 47.7 Å². The minimum absolute atomic E-state index is 0.170. The number of hydrogen-bond acceptors (Lipinski definition) is 4. The van der Waals surface area contributed by atoms with Gasteiger partial charge in [-0.05, 0) is 63.2 Å². The summed E-state index contributed by atoms with van der Waals surface area (Å²) in [5, 5.41) is 5.84. The van der Waals surface area contributed by atoms with Crippen molar-refractivity contribution in [2.24, 2.45) is 0 Å². The molecule has 5 aromatic rings. The number of hydrogen-bond donors (Lipinski definition) is 1. The third kappa shape index (κ3) is 5.92. The maximum Gasteiger partial charge on any atom is 0.164 e. The molecule has 0 saturated heterocycles. The first kappa shape index (κ1) is 27.1. The van der Waals surface area contributed by atoms with Crippen LogP contribution in [0.2, 0.25) is 5.02 Å². The van der Waals surface area contributed by atoms with Crippen LogP contribution in [0.4, 0.5) is 10.2 Å². The Balaban J connectivity index is 1.54. The topological polar surface area (TPSA) is 46.0 Å². The van der Waals surface area contributed by atoms with Gasteiger partial charge in [-0.2, -0.15) is 0 Å². The lowest BCUT2D eigenvalue weighted by atomic mass is 10.1. The second kappa shape index (κ2) is 12.1. The zero-order valence-corrected chi connectivity index (χ0v) is 23.5. The number of rotatable bonds is 11. The van der Waals surface area contributed by atoms with Gasteiger partial charge >= 0.3 is 0 Å². The molecule has 1 N–H and O–H groups in total. The molecule has 0 aliphatic rings. The molecule has 0 amide bonds. The number of halogens is 2. The van der Waals surface area contributed by atoms with Crippen molar-refractivity contribution in [2.75, 3.05) is 25.0 Å². The van der Waals surface area contributed by atoms with Crippen molar-refractivity contribution < 1.29 is 4.39 Å². The largest absolute Gasteiger partial charge is 0.367 e. The van der Waals surface area contributed by atoms with E-state index in [1.54, 1.807) is 6.07 Å². The maximum absolute atomic E-state index is 15.1. The first-order chi connectivity index (χ1) is 19.0. The number of nitrogens with one attached hydrogen (secondary N) is 1. The molecule has 2 heterocycles. The summed E-state index contributed by atoms with van der Waals surface area (Å²) in [7, 11) is 0. The summed E-state index contributed by atoms with van der Waals surface area (Å²) in [4.78, 5) is 12.1. The molecule has 7 heteroatoms. The van der Waals surface area contributed by atoms with Gasteiger partial charge in [0, 0.05) is 35.1 Å². The third-order valence-electron chi connectivity index (χ3n) is 7.35. The fraction of sp³-hybridized carbons (Fsp3) is 0.312. The lowest BCUT2D eigenvalue weighted by molar-refractivity contribution is 0.295. The summed E-state index contributed by atoms with van der Waals surface area (Å²) in [5.41, 5.74) is 3.21. The molecule has 0 aliphatic heterocycles. The Morgan fingerprint density at radius 3 is 2.46 bits per heavy atom. The number of aromatic nitrogens is 3. The molecular formula is C32H35ClFN5. The van der Waals surface area contributed by atoms with Crippen LogP contribution in [0.3, 0.4) is 0 Å². The second-order valence-electron chi connectivity index (χ2n) is 10.0. The molecule has 0 radical (unpaired) electrons. The van der Waals surface area contributed by atoms with E-state index >= 15 is 4.39 Å². The Morgan fingerprint density at radius 2 is 1.69 bits per heavy atom. The number of nitrogens with zero attached hydrogens (tertiary/aromatic N) is 4. The Hall–Kier alpha value is -3.48. The van der Waals surface area contributed by atoms with Crippen molar-refractivity contribution in [3.63, 3.8) is 0 Å². The predicted octanol–water partition coefficient (Wildman–Crippen LogP) is 8.01. The fourth-order valence-electron chi connectivity index (χ4n) is 5.21. The summed E-state index contributed by atoms with van der Waals surface area (Å²) in [6.45, 7) is 10.4. The normalized spacial score (nSPS) is 12.5. The quantitative estimate of drug-likeness (QED) is 0.183. The van der Waals surface area contributed by atoms with E-state index in [0.29, 0.717) is 34.1 Å². The molecule has 0 bridgehead atoms. The highest BCUT2D eigenvalue weighted by Gasteiger charge is 2.19. The van der Waals surface area contributed by atoms with Crippen LogP contribution in [0, 0.1) is 5.82 Å². The van der Waals surface area contributed by atoms with E-state index < -0.39 is 0 Å². The average molecular weight is 544 g/mol. The van der Waals surface area contributed by atoms with Gasteiger partial charge in [-0.25, -0.2) is 14.4 Å². The van der Waals surface area contributed by atoms with Gasteiger partial charge in [0.1, 0.15) is 17.2 Å². The molecule has 1 atom stereocenters. The van der Waals surface area contributed by atoms with E-state index in [1.165, 1.54) is 6.07 Å². The van der Waals surface area contributed by atoms with E-state index in [1.807, 2.05) is 48.7 Å². The zero-order valence-electron chi connectivity index (χ0n) is 22.8. The number of para-hydroxylation sites is 2. The van der Waals surface area contributed by atoms with E-state index in [0.717, 1.165) is 54.5 Å². The van der Waals surface area contributed by atoms with E-state index in [4.69, 9.17) is 21.6 Å². The van der Waals surface area contributed by atoms with Gasteiger partial charge in [-0.1, -0.05) is 74.0 Å². The second-order valence-corrected chi connectivity index (χ2v) is 10.4. The van der Waals surface area contributed by atoms with Crippen LogP contribution in [0.1, 0.15) is 39.2 Å². The summed E-state index contributed by atoms with van der Waals surface area (Å²) >= 11 is 6.70. The first-order valence-electron chi connectivity index (χ1n) is 13.7. The number of benzene rings is 3. The monoisotopic (exact) mass is 543 g/mol. The van der Waals surface area contributed by atoms with Crippen molar-refractivity contribution in [1.82, 2.24) is 19.4 Å². The summed E-state index contributed by atoms with van der Waals surface area (Å²) in [6.07, 6.45) is 4.09. The first-order valence-corrected chi connectivity index (χ1v) is 14.1. The summed E-state index contributed by atoms with van der Waals surface area (Å²) in [6, 6.07) is 21.3. The van der Waals surface area contributed by atoms with Crippen LogP contribution in [0.15, 0.2) is 72.9 Å². The molecule has 2 aromatic heterocycles. The molecule has 5 nitrogen and oxygen atoms in total. The molecule has 0 fully saturated rings.